The molecule has 1 amide bonds. The molecular weight excluding hydrogens is 517 g/mol. The number of hydrogen-bond acceptors (Lipinski definition) is 4. The molecule has 0 N–H and O–H groups in total. The Morgan fingerprint density at radius 2 is 1.55 bits per heavy atom. The molecule has 1 unspecified atom stereocenters. The number of ether oxygens (including phenoxy) is 1. The van der Waals surface area contributed by atoms with Crippen molar-refractivity contribution >= 4 is 30.7 Å². The molecule has 0 bridgehead atoms. The highest BCUT2D eigenvalue weighted by Crippen LogP contribution is 2.43. The number of carbonyl (C=O) groups excluding carboxylic acids is 1. The molecule has 2 atom stereocenters. The number of methoxy groups -OCH3 is 1. The molecule has 0 aromatic heterocycles. The van der Waals surface area contributed by atoms with E-state index in [-0.39, 0.29) is 30.2 Å². The van der Waals surface area contributed by atoms with Crippen LogP contribution in [0.15, 0.2) is 54.6 Å². The molecule has 3 aliphatic rings. The monoisotopic (exact) mass is 561 g/mol. The summed E-state index contributed by atoms with van der Waals surface area (Å²) in [4.78, 5) is 20.9. The first-order chi connectivity index (χ1) is 17.5. The van der Waals surface area contributed by atoms with Crippen LogP contribution in [0.5, 0.6) is 5.75 Å². The van der Waals surface area contributed by atoms with Gasteiger partial charge in [-0.3, -0.25) is 4.79 Å². The Hall–Kier alpha value is -1.79. The second kappa shape index (κ2) is 13.5. The van der Waals surface area contributed by atoms with E-state index in [1.54, 1.807) is 7.11 Å². The predicted molar refractivity (Wildman–Crippen MR) is 160 cm³/mol. The number of piperidine rings is 1. The van der Waals surface area contributed by atoms with Crippen molar-refractivity contribution in [3.05, 3.63) is 65.7 Å². The summed E-state index contributed by atoms with van der Waals surface area (Å²) in [7, 11) is 1.69. The molecule has 2 aromatic rings. The maximum absolute atomic E-state index is 13.5. The number of likely N-dealkylation sites (tertiary alicyclic amines) is 3. The second-order valence-electron chi connectivity index (χ2n) is 11.8. The highest BCUT2D eigenvalue weighted by atomic mass is 35.5. The van der Waals surface area contributed by atoms with Crippen LogP contribution < -0.4 is 4.74 Å². The fourth-order valence-corrected chi connectivity index (χ4v) is 6.84. The lowest BCUT2D eigenvalue weighted by molar-refractivity contribution is -0.139. The van der Waals surface area contributed by atoms with E-state index in [0.717, 1.165) is 51.2 Å². The first kappa shape index (κ1) is 30.7. The standard InChI is InChI=1S/C31H43N3O2.2ClH/c1-24(2)19-33-22-27(29(23-33)26-7-5-4-6-8-26)21-32-16-13-31(14-17-32)15-18-34(30(31)35)20-25-9-11-28(36-3)12-10-25;;/h4-12,24,27,29H,13-23H2,1-3H3;2*1H/t27-,29?;;/m0../s1. The average Bonchev–Trinajstić information content (AvgIpc) is 3.42. The third-order valence-electron chi connectivity index (χ3n) is 8.81. The molecule has 3 aliphatic heterocycles. The van der Waals surface area contributed by atoms with Crippen LogP contribution in [-0.2, 0) is 11.3 Å². The zero-order valence-electron chi connectivity index (χ0n) is 23.2. The van der Waals surface area contributed by atoms with Gasteiger partial charge in [-0.2, -0.15) is 0 Å². The normalized spacial score (nSPS) is 23.5. The van der Waals surface area contributed by atoms with Gasteiger partial charge in [0.15, 0.2) is 0 Å². The van der Waals surface area contributed by atoms with Gasteiger partial charge in [0, 0.05) is 45.2 Å². The molecule has 7 heteroatoms. The van der Waals surface area contributed by atoms with Gasteiger partial charge in [0.2, 0.25) is 5.91 Å². The fraction of sp³-hybridized carbons (Fsp3) is 0.581. The third kappa shape index (κ3) is 6.85. The largest absolute Gasteiger partial charge is 0.497 e. The van der Waals surface area contributed by atoms with Gasteiger partial charge in [0.1, 0.15) is 5.75 Å². The van der Waals surface area contributed by atoms with Crippen LogP contribution in [0.3, 0.4) is 0 Å². The lowest BCUT2D eigenvalue weighted by atomic mass is 9.76. The maximum Gasteiger partial charge on any atom is 0.229 e. The number of benzene rings is 2. The zero-order valence-corrected chi connectivity index (χ0v) is 24.8. The van der Waals surface area contributed by atoms with Gasteiger partial charge in [-0.25, -0.2) is 0 Å². The van der Waals surface area contributed by atoms with Gasteiger partial charge in [0.05, 0.1) is 12.5 Å². The molecule has 2 aromatic carbocycles. The number of rotatable bonds is 8. The number of amides is 1. The smallest absolute Gasteiger partial charge is 0.229 e. The Morgan fingerprint density at radius 3 is 2.18 bits per heavy atom. The van der Waals surface area contributed by atoms with Crippen LogP contribution in [0, 0.1) is 17.3 Å². The van der Waals surface area contributed by atoms with Crippen LogP contribution in [0.25, 0.3) is 0 Å². The minimum absolute atomic E-state index is 0. The molecule has 0 radical (unpaired) electrons. The first-order valence-electron chi connectivity index (χ1n) is 13.9. The average molecular weight is 563 g/mol. The molecule has 5 rings (SSSR count). The molecule has 0 aliphatic carbocycles. The first-order valence-corrected chi connectivity index (χ1v) is 13.9. The molecule has 210 valence electrons. The van der Waals surface area contributed by atoms with E-state index < -0.39 is 0 Å². The summed E-state index contributed by atoms with van der Waals surface area (Å²) >= 11 is 0. The quantitative estimate of drug-likeness (QED) is 0.412. The number of halogens is 2. The Kier molecular flexibility index (Phi) is 10.9. The van der Waals surface area contributed by atoms with E-state index in [1.165, 1.54) is 30.8 Å². The molecular formula is C31H45Cl2N3O2. The summed E-state index contributed by atoms with van der Waals surface area (Å²) in [6.45, 7) is 13.0. The van der Waals surface area contributed by atoms with Crippen LogP contribution in [0.2, 0.25) is 0 Å². The van der Waals surface area contributed by atoms with E-state index in [9.17, 15) is 4.79 Å². The van der Waals surface area contributed by atoms with Crippen molar-refractivity contribution in [1.82, 2.24) is 14.7 Å². The SMILES string of the molecule is COc1ccc(CN2CCC3(CCN(C[C@H]4CN(CC(C)C)CC4c4ccccc4)CC3)C2=O)cc1.Cl.Cl. The summed E-state index contributed by atoms with van der Waals surface area (Å²) < 4.78 is 5.27. The highest BCUT2D eigenvalue weighted by Gasteiger charge is 2.48. The van der Waals surface area contributed by atoms with E-state index >= 15 is 0 Å². The van der Waals surface area contributed by atoms with Crippen LogP contribution in [0.4, 0.5) is 0 Å². The Bertz CT molecular complexity index is 1010. The van der Waals surface area contributed by atoms with Crippen molar-refractivity contribution in [2.24, 2.45) is 17.3 Å². The van der Waals surface area contributed by atoms with Crippen LogP contribution in [0.1, 0.15) is 50.2 Å². The summed E-state index contributed by atoms with van der Waals surface area (Å²) in [5, 5.41) is 0. The van der Waals surface area contributed by atoms with E-state index in [2.05, 4.69) is 71.0 Å². The van der Waals surface area contributed by atoms with Gasteiger partial charge >= 0.3 is 0 Å². The molecule has 5 nitrogen and oxygen atoms in total. The summed E-state index contributed by atoms with van der Waals surface area (Å²) in [5.41, 5.74) is 2.53. The lowest BCUT2D eigenvalue weighted by Crippen LogP contribution is -2.46. The van der Waals surface area contributed by atoms with E-state index in [0.29, 0.717) is 30.2 Å². The van der Waals surface area contributed by atoms with Gasteiger partial charge in [-0.05, 0) is 67.4 Å². The topological polar surface area (TPSA) is 36.0 Å². The highest BCUT2D eigenvalue weighted by molar-refractivity contribution is 5.86. The number of carbonyl (C=O) groups is 1. The van der Waals surface area contributed by atoms with Crippen LogP contribution in [-0.4, -0.2) is 73.5 Å². The van der Waals surface area contributed by atoms with Crippen molar-refractivity contribution in [2.75, 3.05) is 52.9 Å². The van der Waals surface area contributed by atoms with Crippen molar-refractivity contribution in [2.45, 2.75) is 45.6 Å². The maximum atomic E-state index is 13.5. The van der Waals surface area contributed by atoms with E-state index in [1.807, 2.05) is 12.1 Å². The fourth-order valence-electron chi connectivity index (χ4n) is 6.84. The molecule has 1 spiro atoms. The second-order valence-corrected chi connectivity index (χ2v) is 11.8. The molecule has 0 saturated carbocycles. The predicted octanol–water partition coefficient (Wildman–Crippen LogP) is 5.72. The van der Waals surface area contributed by atoms with Crippen molar-refractivity contribution in [1.29, 1.82) is 0 Å². The van der Waals surface area contributed by atoms with Gasteiger partial charge in [0.25, 0.3) is 0 Å². The third-order valence-corrected chi connectivity index (χ3v) is 8.81. The Labute approximate surface area is 241 Å². The molecule has 3 fully saturated rings. The van der Waals surface area contributed by atoms with E-state index in [4.69, 9.17) is 4.74 Å². The molecule has 38 heavy (non-hydrogen) atoms. The van der Waals surface area contributed by atoms with Gasteiger partial charge in [-0.1, -0.05) is 56.3 Å². The Balaban J connectivity index is 0.00000200. The minimum atomic E-state index is -0.138. The van der Waals surface area contributed by atoms with Gasteiger partial charge < -0.3 is 19.4 Å². The summed E-state index contributed by atoms with van der Waals surface area (Å²) in [6, 6.07) is 19.3. The van der Waals surface area contributed by atoms with Crippen LogP contribution >= 0.6 is 24.8 Å². The Morgan fingerprint density at radius 1 is 0.895 bits per heavy atom. The number of nitrogens with zero attached hydrogens (tertiary/aromatic N) is 3. The minimum Gasteiger partial charge on any atom is -0.497 e. The van der Waals surface area contributed by atoms with Crippen molar-refractivity contribution in [3.8, 4) is 5.75 Å². The lowest BCUT2D eigenvalue weighted by Gasteiger charge is -2.39. The molecule has 3 saturated heterocycles. The van der Waals surface area contributed by atoms with Crippen molar-refractivity contribution < 1.29 is 9.53 Å². The summed E-state index contributed by atoms with van der Waals surface area (Å²) in [5.74, 6) is 3.20. The zero-order chi connectivity index (χ0) is 25.1. The molecule has 3 heterocycles. The number of hydrogen-bond donors (Lipinski definition) is 0. The van der Waals surface area contributed by atoms with Gasteiger partial charge in [-0.15, -0.1) is 24.8 Å². The van der Waals surface area contributed by atoms with Crippen molar-refractivity contribution in [3.63, 3.8) is 0 Å². The summed E-state index contributed by atoms with van der Waals surface area (Å²) in [6.07, 6.45) is 3.01.